The van der Waals surface area contributed by atoms with Gasteiger partial charge in [-0.3, -0.25) is 14.9 Å². The molecular formula is C17H21N3O3S. The van der Waals surface area contributed by atoms with E-state index in [1.165, 1.54) is 17.0 Å². The summed E-state index contributed by atoms with van der Waals surface area (Å²) in [6.07, 6.45) is 0. The lowest BCUT2D eigenvalue weighted by molar-refractivity contribution is -0.384. The van der Waals surface area contributed by atoms with Crippen molar-refractivity contribution in [2.45, 2.75) is 20.4 Å². The number of nitro benzene ring substituents is 1. The molecule has 1 amide bonds. The molecule has 1 aromatic carbocycles. The van der Waals surface area contributed by atoms with Crippen LogP contribution in [0.3, 0.4) is 0 Å². The molecule has 1 heterocycles. The molecule has 2 rings (SSSR count). The summed E-state index contributed by atoms with van der Waals surface area (Å²) in [6.45, 7) is 5.79. The molecule has 24 heavy (non-hydrogen) atoms. The molecule has 2 aromatic rings. The van der Waals surface area contributed by atoms with Gasteiger partial charge in [0.2, 0.25) is 5.91 Å². The first-order valence-corrected chi connectivity index (χ1v) is 8.61. The van der Waals surface area contributed by atoms with E-state index in [4.69, 9.17) is 0 Å². The van der Waals surface area contributed by atoms with Crippen LogP contribution in [0, 0.1) is 16.0 Å². The smallest absolute Gasteiger partial charge is 0.269 e. The Morgan fingerprint density at radius 2 is 1.88 bits per heavy atom. The molecule has 0 saturated carbocycles. The van der Waals surface area contributed by atoms with E-state index in [1.54, 1.807) is 23.5 Å². The maximum atomic E-state index is 11.4. The fourth-order valence-electron chi connectivity index (χ4n) is 2.07. The Kier molecular flexibility index (Phi) is 6.45. The molecule has 0 fully saturated rings. The van der Waals surface area contributed by atoms with Crippen molar-refractivity contribution in [3.05, 3.63) is 51.4 Å². The average Bonchev–Trinajstić information content (AvgIpc) is 3.03. The molecule has 0 atom stereocenters. The van der Waals surface area contributed by atoms with Gasteiger partial charge in [-0.25, -0.2) is 0 Å². The zero-order valence-electron chi connectivity index (χ0n) is 13.7. The number of thiophene rings is 1. The van der Waals surface area contributed by atoms with E-state index in [9.17, 15) is 14.9 Å². The fraction of sp³-hybridized carbons (Fsp3) is 0.353. The lowest BCUT2D eigenvalue weighted by Crippen LogP contribution is -2.33. The van der Waals surface area contributed by atoms with Crippen molar-refractivity contribution < 1.29 is 9.72 Å². The van der Waals surface area contributed by atoms with Gasteiger partial charge in [-0.05, 0) is 29.8 Å². The van der Waals surface area contributed by atoms with Crippen molar-refractivity contribution in [1.29, 1.82) is 0 Å². The van der Waals surface area contributed by atoms with Crippen molar-refractivity contribution in [2.24, 2.45) is 5.92 Å². The number of amides is 1. The first-order chi connectivity index (χ1) is 11.5. The van der Waals surface area contributed by atoms with Gasteiger partial charge < -0.3 is 10.6 Å². The van der Waals surface area contributed by atoms with Gasteiger partial charge in [-0.1, -0.05) is 13.8 Å². The predicted octanol–water partition coefficient (Wildman–Crippen LogP) is 3.19. The zero-order chi connectivity index (χ0) is 17.5. The molecule has 0 aliphatic carbocycles. The Balaban J connectivity index is 1.80. The molecule has 0 radical (unpaired) electrons. The highest BCUT2D eigenvalue weighted by molar-refractivity contribution is 7.15. The number of hydrogen-bond donors (Lipinski definition) is 2. The third-order valence-corrected chi connectivity index (χ3v) is 4.58. The van der Waals surface area contributed by atoms with E-state index < -0.39 is 4.92 Å². The molecule has 0 aliphatic rings. The number of non-ortho nitro benzene ring substituents is 1. The normalized spacial score (nSPS) is 10.8. The molecule has 128 valence electrons. The number of nitro groups is 1. The number of carbonyl (C=O) groups is 1. The number of rotatable bonds is 8. The van der Waals surface area contributed by atoms with Gasteiger partial charge in [-0.15, -0.1) is 11.3 Å². The molecule has 0 spiro atoms. The second-order valence-corrected chi connectivity index (χ2v) is 6.86. The molecule has 6 nitrogen and oxygen atoms in total. The minimum Gasteiger partial charge on any atom is -0.355 e. The van der Waals surface area contributed by atoms with Gasteiger partial charge >= 0.3 is 0 Å². The monoisotopic (exact) mass is 347 g/mol. The number of benzene rings is 1. The van der Waals surface area contributed by atoms with E-state index in [1.807, 2.05) is 26.0 Å². The average molecular weight is 347 g/mol. The molecule has 1 aromatic heterocycles. The van der Waals surface area contributed by atoms with Crippen LogP contribution >= 0.6 is 11.3 Å². The summed E-state index contributed by atoms with van der Waals surface area (Å²) in [5.41, 5.74) is 1.07. The standard InChI is InChI=1S/C17H21N3O3S/c1-12(2)17(21)19-10-9-18-11-15-7-8-16(24-15)13-3-5-14(6-4-13)20(22)23/h3-8,12,18H,9-11H2,1-2H3,(H,19,21). The van der Waals surface area contributed by atoms with Crippen molar-refractivity contribution in [2.75, 3.05) is 13.1 Å². The number of nitrogens with zero attached hydrogens (tertiary/aromatic N) is 1. The summed E-state index contributed by atoms with van der Waals surface area (Å²) in [6, 6.07) is 10.6. The topological polar surface area (TPSA) is 84.3 Å². The predicted molar refractivity (Wildman–Crippen MR) is 96.0 cm³/mol. The second-order valence-electron chi connectivity index (χ2n) is 5.69. The van der Waals surface area contributed by atoms with Crippen LogP contribution < -0.4 is 10.6 Å². The Morgan fingerprint density at radius 3 is 2.50 bits per heavy atom. The van der Waals surface area contributed by atoms with Gasteiger partial charge in [0.1, 0.15) is 0 Å². The van der Waals surface area contributed by atoms with Crippen molar-refractivity contribution in [3.63, 3.8) is 0 Å². The lowest BCUT2D eigenvalue weighted by Gasteiger charge is -2.07. The lowest BCUT2D eigenvalue weighted by atomic mass is 10.2. The van der Waals surface area contributed by atoms with Gasteiger partial charge in [-0.2, -0.15) is 0 Å². The Bertz CT molecular complexity index is 695. The van der Waals surface area contributed by atoms with Gasteiger partial charge in [0.15, 0.2) is 0 Å². The van der Waals surface area contributed by atoms with Crippen LogP contribution in [-0.2, 0) is 11.3 Å². The molecule has 0 unspecified atom stereocenters. The minimum absolute atomic E-state index is 0.00607. The Hall–Kier alpha value is -2.25. The number of hydrogen-bond acceptors (Lipinski definition) is 5. The molecule has 7 heteroatoms. The maximum Gasteiger partial charge on any atom is 0.269 e. The summed E-state index contributed by atoms with van der Waals surface area (Å²) >= 11 is 1.65. The molecule has 0 bridgehead atoms. The largest absolute Gasteiger partial charge is 0.355 e. The molecule has 2 N–H and O–H groups in total. The zero-order valence-corrected chi connectivity index (χ0v) is 14.6. The van der Waals surface area contributed by atoms with E-state index in [-0.39, 0.29) is 17.5 Å². The minimum atomic E-state index is -0.397. The van der Waals surface area contributed by atoms with Crippen LogP contribution in [0.25, 0.3) is 10.4 Å². The summed E-state index contributed by atoms with van der Waals surface area (Å²) < 4.78 is 0. The highest BCUT2D eigenvalue weighted by Gasteiger charge is 2.08. The summed E-state index contributed by atoms with van der Waals surface area (Å²) in [4.78, 5) is 24.0. The van der Waals surface area contributed by atoms with Crippen LogP contribution in [-0.4, -0.2) is 23.9 Å². The molecule has 0 aliphatic heterocycles. The number of nitrogens with one attached hydrogen (secondary N) is 2. The first kappa shape index (κ1) is 18.1. The Morgan fingerprint density at radius 1 is 1.17 bits per heavy atom. The quantitative estimate of drug-likeness (QED) is 0.436. The SMILES string of the molecule is CC(C)C(=O)NCCNCc1ccc(-c2ccc([N+](=O)[O-])cc2)s1. The molecular weight excluding hydrogens is 326 g/mol. The van der Waals surface area contributed by atoms with Crippen LogP contribution in [0.5, 0.6) is 0 Å². The summed E-state index contributed by atoms with van der Waals surface area (Å²) in [5.74, 6) is 0.0694. The van der Waals surface area contributed by atoms with Gasteiger partial charge in [0.25, 0.3) is 5.69 Å². The third-order valence-electron chi connectivity index (χ3n) is 3.45. The van der Waals surface area contributed by atoms with E-state index in [2.05, 4.69) is 10.6 Å². The van der Waals surface area contributed by atoms with E-state index in [0.717, 1.165) is 17.0 Å². The van der Waals surface area contributed by atoms with Crippen molar-refractivity contribution >= 4 is 22.9 Å². The third kappa shape index (κ3) is 5.14. The first-order valence-electron chi connectivity index (χ1n) is 7.79. The van der Waals surface area contributed by atoms with Crippen molar-refractivity contribution in [3.8, 4) is 10.4 Å². The van der Waals surface area contributed by atoms with Crippen LogP contribution in [0.15, 0.2) is 36.4 Å². The molecule has 0 saturated heterocycles. The highest BCUT2D eigenvalue weighted by Crippen LogP contribution is 2.29. The summed E-state index contributed by atoms with van der Waals surface area (Å²) in [7, 11) is 0. The van der Waals surface area contributed by atoms with Gasteiger partial charge in [0, 0.05) is 47.4 Å². The van der Waals surface area contributed by atoms with Crippen molar-refractivity contribution in [1.82, 2.24) is 10.6 Å². The maximum absolute atomic E-state index is 11.4. The summed E-state index contributed by atoms with van der Waals surface area (Å²) in [5, 5.41) is 16.8. The van der Waals surface area contributed by atoms with E-state index >= 15 is 0 Å². The van der Waals surface area contributed by atoms with E-state index in [0.29, 0.717) is 13.1 Å². The highest BCUT2D eigenvalue weighted by atomic mass is 32.1. The number of carbonyl (C=O) groups excluding carboxylic acids is 1. The van der Waals surface area contributed by atoms with Crippen LogP contribution in [0.2, 0.25) is 0 Å². The fourth-order valence-corrected chi connectivity index (χ4v) is 3.05. The Labute approximate surface area is 145 Å². The van der Waals surface area contributed by atoms with Crippen LogP contribution in [0.1, 0.15) is 18.7 Å². The second kappa shape index (κ2) is 8.56. The van der Waals surface area contributed by atoms with Crippen LogP contribution in [0.4, 0.5) is 5.69 Å². The van der Waals surface area contributed by atoms with Gasteiger partial charge in [0.05, 0.1) is 4.92 Å².